The minimum atomic E-state index is -1.14. The normalized spacial score (nSPS) is 17.7. The predicted molar refractivity (Wildman–Crippen MR) is 67.4 cm³/mol. The van der Waals surface area contributed by atoms with Gasteiger partial charge in [-0.2, -0.15) is 0 Å². The van der Waals surface area contributed by atoms with Gasteiger partial charge in [-0.05, 0) is 41.8 Å². The van der Waals surface area contributed by atoms with Crippen LogP contribution in [0.25, 0.3) is 0 Å². The van der Waals surface area contributed by atoms with E-state index in [1.54, 1.807) is 13.0 Å². The number of amides is 1. The third-order valence-corrected chi connectivity index (χ3v) is 3.70. The lowest BCUT2D eigenvalue weighted by molar-refractivity contribution is -0.144. The van der Waals surface area contributed by atoms with Crippen LogP contribution in [0.2, 0.25) is 0 Å². The highest BCUT2D eigenvalue weighted by Crippen LogP contribution is 2.31. The predicted octanol–water partition coefficient (Wildman–Crippen LogP) is 2.48. The fourth-order valence-electron chi connectivity index (χ4n) is 2.31. The molecule has 1 aromatic rings. The Kier molecular flexibility index (Phi) is 3.47. The molecule has 0 saturated heterocycles. The van der Waals surface area contributed by atoms with Crippen LogP contribution in [0.3, 0.4) is 0 Å². The number of carbonyl (C=O) groups excluding carboxylic acids is 1. The van der Waals surface area contributed by atoms with Crippen molar-refractivity contribution >= 4 is 27.8 Å². The Bertz CT molecular complexity index is 488. The van der Waals surface area contributed by atoms with Crippen LogP contribution in [-0.4, -0.2) is 22.5 Å². The van der Waals surface area contributed by atoms with Gasteiger partial charge in [0.25, 0.3) is 5.91 Å². The van der Waals surface area contributed by atoms with Gasteiger partial charge in [0.05, 0.1) is 0 Å². The molecular weight excluding hydrogens is 302 g/mol. The van der Waals surface area contributed by atoms with Gasteiger partial charge in [0.1, 0.15) is 5.54 Å². The molecule has 18 heavy (non-hydrogen) atoms. The zero-order valence-electron chi connectivity index (χ0n) is 9.96. The van der Waals surface area contributed by atoms with E-state index in [0.29, 0.717) is 23.1 Å². The van der Waals surface area contributed by atoms with Crippen LogP contribution in [0, 0.1) is 6.92 Å². The van der Waals surface area contributed by atoms with Crippen molar-refractivity contribution in [2.75, 3.05) is 0 Å². The molecule has 1 aliphatic rings. The number of carbonyl (C=O) groups is 2. The molecule has 1 fully saturated rings. The number of aryl methyl sites for hydroxylation is 1. The number of carboxylic acid groups (broad SMARTS) is 1. The first-order valence-corrected chi connectivity index (χ1v) is 6.56. The Hall–Kier alpha value is -1.30. The van der Waals surface area contributed by atoms with Gasteiger partial charge in [-0.1, -0.05) is 12.8 Å². The second kappa shape index (κ2) is 4.76. The Morgan fingerprint density at radius 1 is 1.44 bits per heavy atom. The quantitative estimate of drug-likeness (QED) is 0.898. The summed E-state index contributed by atoms with van der Waals surface area (Å²) in [5.41, 5.74) is -0.458. The van der Waals surface area contributed by atoms with Crippen molar-refractivity contribution < 1.29 is 19.1 Å². The minimum absolute atomic E-state index is 0.161. The molecule has 1 amide bonds. The highest BCUT2D eigenvalue weighted by Gasteiger charge is 2.43. The minimum Gasteiger partial charge on any atom is -0.480 e. The molecule has 1 saturated carbocycles. The lowest BCUT2D eigenvalue weighted by Crippen LogP contribution is -2.52. The van der Waals surface area contributed by atoms with Crippen LogP contribution in [0.1, 0.15) is 41.8 Å². The van der Waals surface area contributed by atoms with Gasteiger partial charge in [-0.3, -0.25) is 4.79 Å². The van der Waals surface area contributed by atoms with Crippen LogP contribution in [0.5, 0.6) is 0 Å². The average molecular weight is 316 g/mol. The van der Waals surface area contributed by atoms with Crippen molar-refractivity contribution in [2.45, 2.75) is 38.1 Å². The third kappa shape index (κ3) is 2.29. The molecule has 0 atom stereocenters. The van der Waals surface area contributed by atoms with E-state index in [2.05, 4.69) is 21.2 Å². The Morgan fingerprint density at radius 3 is 2.50 bits per heavy atom. The van der Waals surface area contributed by atoms with Crippen LogP contribution in [0.4, 0.5) is 0 Å². The smallest absolute Gasteiger partial charge is 0.329 e. The van der Waals surface area contributed by atoms with Gasteiger partial charge in [-0.15, -0.1) is 0 Å². The topological polar surface area (TPSA) is 79.5 Å². The molecule has 6 heteroatoms. The zero-order chi connectivity index (χ0) is 13.3. The van der Waals surface area contributed by atoms with Gasteiger partial charge in [0, 0.05) is 5.56 Å². The third-order valence-electron chi connectivity index (χ3n) is 3.31. The van der Waals surface area contributed by atoms with E-state index in [9.17, 15) is 14.7 Å². The standard InChI is InChI=1S/C12H14BrNO4/c1-7-6-8(13)18-9(7)10(15)14-12(11(16)17)4-2-3-5-12/h6H,2-5H2,1H3,(H,14,15)(H,16,17). The summed E-state index contributed by atoms with van der Waals surface area (Å²) >= 11 is 3.14. The highest BCUT2D eigenvalue weighted by molar-refractivity contribution is 9.10. The maximum absolute atomic E-state index is 12.1. The zero-order valence-corrected chi connectivity index (χ0v) is 11.5. The van der Waals surface area contributed by atoms with E-state index < -0.39 is 17.4 Å². The highest BCUT2D eigenvalue weighted by atomic mass is 79.9. The summed E-state index contributed by atoms with van der Waals surface area (Å²) in [6, 6.07) is 1.68. The number of hydrogen-bond donors (Lipinski definition) is 2. The molecular formula is C12H14BrNO4. The van der Waals surface area contributed by atoms with Crippen LogP contribution >= 0.6 is 15.9 Å². The summed E-state index contributed by atoms with van der Waals surface area (Å²) < 4.78 is 5.68. The fourth-order valence-corrected chi connectivity index (χ4v) is 2.82. The Balaban J connectivity index is 2.20. The van der Waals surface area contributed by atoms with E-state index in [1.165, 1.54) is 0 Å². The number of aliphatic carboxylic acids is 1. The second-order valence-electron chi connectivity index (χ2n) is 4.61. The first-order valence-electron chi connectivity index (χ1n) is 5.76. The van der Waals surface area contributed by atoms with Crippen LogP contribution in [0.15, 0.2) is 15.2 Å². The summed E-state index contributed by atoms with van der Waals surface area (Å²) in [5, 5.41) is 11.9. The summed E-state index contributed by atoms with van der Waals surface area (Å²) in [6.07, 6.45) is 2.56. The number of rotatable bonds is 3. The molecule has 0 spiro atoms. The maximum Gasteiger partial charge on any atom is 0.329 e. The van der Waals surface area contributed by atoms with Crippen molar-refractivity contribution in [3.8, 4) is 0 Å². The van der Waals surface area contributed by atoms with Crippen molar-refractivity contribution in [3.63, 3.8) is 0 Å². The van der Waals surface area contributed by atoms with Gasteiger partial charge >= 0.3 is 5.97 Å². The monoisotopic (exact) mass is 315 g/mol. The number of halogens is 1. The van der Waals surface area contributed by atoms with Gasteiger partial charge < -0.3 is 14.8 Å². The van der Waals surface area contributed by atoms with Gasteiger partial charge in [0.15, 0.2) is 10.4 Å². The first kappa shape index (κ1) is 13.1. The maximum atomic E-state index is 12.1. The van der Waals surface area contributed by atoms with Crippen molar-refractivity contribution in [1.82, 2.24) is 5.32 Å². The second-order valence-corrected chi connectivity index (χ2v) is 5.39. The van der Waals surface area contributed by atoms with E-state index in [4.69, 9.17) is 4.42 Å². The summed E-state index contributed by atoms with van der Waals surface area (Å²) in [6.45, 7) is 1.74. The van der Waals surface area contributed by atoms with Crippen LogP contribution in [-0.2, 0) is 4.79 Å². The molecule has 5 nitrogen and oxygen atoms in total. The lowest BCUT2D eigenvalue weighted by Gasteiger charge is -2.24. The number of nitrogens with one attached hydrogen (secondary N) is 1. The molecule has 98 valence electrons. The van der Waals surface area contributed by atoms with Crippen molar-refractivity contribution in [3.05, 3.63) is 22.1 Å². The first-order chi connectivity index (χ1) is 8.44. The van der Waals surface area contributed by atoms with E-state index in [-0.39, 0.29) is 5.76 Å². The van der Waals surface area contributed by atoms with Gasteiger partial charge in [-0.25, -0.2) is 4.79 Å². The largest absolute Gasteiger partial charge is 0.480 e. The Labute approximate surface area is 113 Å². The molecule has 2 rings (SSSR count). The molecule has 0 aromatic carbocycles. The lowest BCUT2D eigenvalue weighted by atomic mass is 9.97. The number of carboxylic acids is 1. The SMILES string of the molecule is Cc1cc(Br)oc1C(=O)NC1(C(=O)O)CCCC1. The molecule has 1 heterocycles. The molecule has 0 unspecified atom stereocenters. The van der Waals surface area contributed by atoms with Crippen molar-refractivity contribution in [2.24, 2.45) is 0 Å². The Morgan fingerprint density at radius 2 is 2.06 bits per heavy atom. The molecule has 1 aromatic heterocycles. The van der Waals surface area contributed by atoms with Crippen molar-refractivity contribution in [1.29, 1.82) is 0 Å². The average Bonchev–Trinajstić information content (AvgIpc) is 2.86. The van der Waals surface area contributed by atoms with E-state index in [0.717, 1.165) is 12.8 Å². The molecule has 0 aliphatic heterocycles. The number of furan rings is 1. The molecule has 2 N–H and O–H groups in total. The molecule has 0 bridgehead atoms. The fraction of sp³-hybridized carbons (Fsp3) is 0.500. The van der Waals surface area contributed by atoms with E-state index >= 15 is 0 Å². The molecule has 1 aliphatic carbocycles. The molecule has 0 radical (unpaired) electrons. The summed E-state index contributed by atoms with van der Waals surface area (Å²) in [7, 11) is 0. The van der Waals surface area contributed by atoms with Gasteiger partial charge in [0.2, 0.25) is 0 Å². The number of hydrogen-bond acceptors (Lipinski definition) is 3. The van der Waals surface area contributed by atoms with Crippen LogP contribution < -0.4 is 5.32 Å². The summed E-state index contributed by atoms with van der Waals surface area (Å²) in [5.74, 6) is -1.28. The summed E-state index contributed by atoms with van der Waals surface area (Å²) in [4.78, 5) is 23.4. The van der Waals surface area contributed by atoms with E-state index in [1.807, 2.05) is 0 Å².